The molecular weight excluding hydrogens is 272 g/mol. The van der Waals surface area contributed by atoms with Gasteiger partial charge in [0.2, 0.25) is 5.43 Å². The van der Waals surface area contributed by atoms with E-state index in [-0.39, 0.29) is 5.75 Å². The number of aromatic nitrogens is 1. The lowest BCUT2D eigenvalue weighted by Crippen LogP contribution is -2.25. The van der Waals surface area contributed by atoms with Crippen LogP contribution in [0.25, 0.3) is 5.69 Å². The number of hydrogen-bond donors (Lipinski definition) is 1. The van der Waals surface area contributed by atoms with E-state index in [1.54, 1.807) is 56.0 Å². The summed E-state index contributed by atoms with van der Waals surface area (Å²) in [7, 11) is 3.20. The van der Waals surface area contributed by atoms with Gasteiger partial charge in [-0.3, -0.25) is 4.79 Å². The lowest BCUT2D eigenvalue weighted by Gasteiger charge is -2.13. The average Bonchev–Trinajstić information content (AvgIpc) is 2.46. The number of carbonyl (C=O) groups is 1. The molecule has 0 aliphatic heterocycles. The molecular formula is C15H16N2O4. The molecule has 0 atom stereocenters. The Labute approximate surface area is 121 Å². The molecule has 21 heavy (non-hydrogen) atoms. The van der Waals surface area contributed by atoms with Crippen LogP contribution >= 0.6 is 0 Å². The largest absolute Gasteiger partial charge is 0.503 e. The van der Waals surface area contributed by atoms with Gasteiger partial charge in [-0.2, -0.15) is 0 Å². The molecule has 1 aromatic carbocycles. The molecule has 0 radical (unpaired) electrons. The first kappa shape index (κ1) is 14.6. The van der Waals surface area contributed by atoms with Gasteiger partial charge in [-0.05, 0) is 31.2 Å². The summed E-state index contributed by atoms with van der Waals surface area (Å²) in [6.07, 6.45) is 1.12. The van der Waals surface area contributed by atoms with Crippen LogP contribution in [-0.4, -0.2) is 34.8 Å². The summed E-state index contributed by atoms with van der Waals surface area (Å²) in [6.45, 7) is 1.65. The highest BCUT2D eigenvalue weighted by atomic mass is 16.6. The van der Waals surface area contributed by atoms with Crippen molar-refractivity contribution in [2.24, 2.45) is 0 Å². The van der Waals surface area contributed by atoms with E-state index >= 15 is 0 Å². The Morgan fingerprint density at radius 1 is 1.19 bits per heavy atom. The number of benzene rings is 1. The van der Waals surface area contributed by atoms with Crippen LogP contribution < -0.4 is 10.2 Å². The first-order valence-corrected chi connectivity index (χ1v) is 6.31. The number of aromatic hydroxyl groups is 1. The zero-order valence-corrected chi connectivity index (χ0v) is 12.0. The number of ether oxygens (including phenoxy) is 1. The molecule has 0 unspecified atom stereocenters. The Balaban J connectivity index is 2.30. The lowest BCUT2D eigenvalue weighted by atomic mass is 10.2. The number of rotatable bonds is 2. The second-order valence-electron chi connectivity index (χ2n) is 4.74. The minimum Gasteiger partial charge on any atom is -0.503 e. The quantitative estimate of drug-likeness (QED) is 0.916. The molecule has 1 amide bonds. The van der Waals surface area contributed by atoms with E-state index in [0.717, 1.165) is 5.69 Å². The fraction of sp³-hybridized carbons (Fsp3) is 0.200. The highest BCUT2D eigenvalue weighted by Gasteiger charge is 2.09. The second-order valence-corrected chi connectivity index (χ2v) is 4.74. The molecule has 1 N–H and O–H groups in total. The molecule has 0 saturated carbocycles. The molecule has 2 rings (SSSR count). The molecule has 0 aliphatic rings. The monoisotopic (exact) mass is 288 g/mol. The Kier molecular flexibility index (Phi) is 3.98. The summed E-state index contributed by atoms with van der Waals surface area (Å²) in [5.74, 6) is 0.140. The van der Waals surface area contributed by atoms with Gasteiger partial charge in [-0.25, -0.2) is 4.79 Å². The second kappa shape index (κ2) is 5.70. The van der Waals surface area contributed by atoms with Gasteiger partial charge >= 0.3 is 6.09 Å². The normalized spacial score (nSPS) is 10.2. The average molecular weight is 288 g/mol. The van der Waals surface area contributed by atoms with Crippen molar-refractivity contribution in [1.29, 1.82) is 0 Å². The fourth-order valence-corrected chi connectivity index (χ4v) is 1.77. The van der Waals surface area contributed by atoms with Gasteiger partial charge in [0.05, 0.1) is 5.69 Å². The molecule has 6 nitrogen and oxygen atoms in total. The van der Waals surface area contributed by atoms with Gasteiger partial charge in [0.25, 0.3) is 0 Å². The van der Waals surface area contributed by atoms with E-state index < -0.39 is 11.5 Å². The van der Waals surface area contributed by atoms with Crippen LogP contribution in [0.3, 0.4) is 0 Å². The smallest absolute Gasteiger partial charge is 0.414 e. The first-order valence-electron chi connectivity index (χ1n) is 6.31. The number of hydrogen-bond acceptors (Lipinski definition) is 4. The summed E-state index contributed by atoms with van der Waals surface area (Å²) < 4.78 is 6.79. The maximum Gasteiger partial charge on any atom is 0.414 e. The van der Waals surface area contributed by atoms with Crippen molar-refractivity contribution in [2.75, 3.05) is 14.1 Å². The molecule has 0 fully saturated rings. The van der Waals surface area contributed by atoms with Crippen LogP contribution in [0.2, 0.25) is 0 Å². The fourth-order valence-electron chi connectivity index (χ4n) is 1.77. The molecule has 1 heterocycles. The van der Waals surface area contributed by atoms with Gasteiger partial charge in [0, 0.05) is 32.0 Å². The first-order chi connectivity index (χ1) is 9.90. The van der Waals surface area contributed by atoms with Crippen LogP contribution in [0, 0.1) is 6.92 Å². The maximum absolute atomic E-state index is 11.4. The summed E-state index contributed by atoms with van der Waals surface area (Å²) >= 11 is 0. The third kappa shape index (κ3) is 3.05. The molecule has 0 bridgehead atoms. The van der Waals surface area contributed by atoms with E-state index in [0.29, 0.717) is 11.4 Å². The van der Waals surface area contributed by atoms with Gasteiger partial charge in [0.1, 0.15) is 5.75 Å². The highest BCUT2D eigenvalue weighted by molar-refractivity contribution is 5.70. The SMILES string of the molecule is Cc1c(O)c(=O)ccn1-c1ccc(OC(=O)N(C)C)cc1. The van der Waals surface area contributed by atoms with E-state index in [9.17, 15) is 14.7 Å². The number of amides is 1. The number of carbonyl (C=O) groups excluding carboxylic acids is 1. The van der Waals surface area contributed by atoms with Crippen molar-refractivity contribution in [3.63, 3.8) is 0 Å². The van der Waals surface area contributed by atoms with Gasteiger partial charge < -0.3 is 19.3 Å². The van der Waals surface area contributed by atoms with Gasteiger partial charge in [-0.1, -0.05) is 0 Å². The van der Waals surface area contributed by atoms with E-state index in [4.69, 9.17) is 4.74 Å². The minimum atomic E-state index is -0.458. The molecule has 0 spiro atoms. The molecule has 2 aromatic rings. The zero-order chi connectivity index (χ0) is 15.6. The Morgan fingerprint density at radius 2 is 1.81 bits per heavy atom. The molecule has 110 valence electrons. The van der Waals surface area contributed by atoms with Crippen molar-refractivity contribution in [3.05, 3.63) is 52.4 Å². The van der Waals surface area contributed by atoms with Crippen LogP contribution in [0.4, 0.5) is 4.79 Å². The van der Waals surface area contributed by atoms with Crippen LogP contribution in [0.15, 0.2) is 41.3 Å². The molecule has 1 aromatic heterocycles. The Morgan fingerprint density at radius 3 is 2.38 bits per heavy atom. The van der Waals surface area contributed by atoms with Gasteiger partial charge in [-0.15, -0.1) is 0 Å². The van der Waals surface area contributed by atoms with Crippen LogP contribution in [0.5, 0.6) is 11.5 Å². The third-order valence-corrected chi connectivity index (χ3v) is 3.00. The number of pyridine rings is 1. The topological polar surface area (TPSA) is 71.8 Å². The Bertz CT molecular complexity index is 717. The van der Waals surface area contributed by atoms with Crippen molar-refractivity contribution >= 4 is 6.09 Å². The standard InChI is InChI=1S/C15H16N2O4/c1-10-14(19)13(18)8-9-17(10)11-4-6-12(7-5-11)21-15(20)16(2)3/h4-9,19H,1-3H3. The minimum absolute atomic E-state index is 0.277. The maximum atomic E-state index is 11.4. The van der Waals surface area contributed by atoms with Crippen molar-refractivity contribution in [1.82, 2.24) is 9.47 Å². The number of nitrogens with zero attached hydrogens (tertiary/aromatic N) is 2. The molecule has 0 aliphatic carbocycles. The van der Waals surface area contributed by atoms with E-state index in [1.165, 1.54) is 11.0 Å². The van der Waals surface area contributed by atoms with Crippen molar-refractivity contribution in [3.8, 4) is 17.2 Å². The summed E-state index contributed by atoms with van der Waals surface area (Å²) in [5, 5.41) is 9.67. The zero-order valence-electron chi connectivity index (χ0n) is 12.0. The van der Waals surface area contributed by atoms with E-state index in [2.05, 4.69) is 0 Å². The van der Waals surface area contributed by atoms with Crippen molar-refractivity contribution < 1.29 is 14.6 Å². The van der Waals surface area contributed by atoms with E-state index in [1.807, 2.05) is 0 Å². The molecule has 0 saturated heterocycles. The van der Waals surface area contributed by atoms with Crippen molar-refractivity contribution in [2.45, 2.75) is 6.92 Å². The predicted octanol–water partition coefficient (Wildman–Crippen LogP) is 1.91. The Hall–Kier alpha value is -2.76. The summed E-state index contributed by atoms with van der Waals surface area (Å²) in [4.78, 5) is 24.1. The third-order valence-electron chi connectivity index (χ3n) is 3.00. The summed E-state index contributed by atoms with van der Waals surface area (Å²) in [5.41, 5.74) is 0.772. The summed E-state index contributed by atoms with van der Waals surface area (Å²) in [6, 6.07) is 8.04. The highest BCUT2D eigenvalue weighted by Crippen LogP contribution is 2.19. The van der Waals surface area contributed by atoms with Crippen LogP contribution in [0.1, 0.15) is 5.69 Å². The predicted molar refractivity (Wildman–Crippen MR) is 78.2 cm³/mol. The molecule has 6 heteroatoms. The van der Waals surface area contributed by atoms with Gasteiger partial charge in [0.15, 0.2) is 5.75 Å². The van der Waals surface area contributed by atoms with Crippen LogP contribution in [-0.2, 0) is 0 Å². The lowest BCUT2D eigenvalue weighted by molar-refractivity contribution is 0.172.